The van der Waals surface area contributed by atoms with E-state index in [1.165, 1.54) is 22.5 Å². The van der Waals surface area contributed by atoms with Gasteiger partial charge in [0.25, 0.3) is 0 Å². The van der Waals surface area contributed by atoms with Crippen LogP contribution in [0.1, 0.15) is 22.5 Å². The average molecular weight is 130 g/mol. The van der Waals surface area contributed by atoms with Crippen molar-refractivity contribution in [3.63, 3.8) is 0 Å². The summed E-state index contributed by atoms with van der Waals surface area (Å²) in [5, 5.41) is 0. The molecule has 51 valence electrons. The fourth-order valence-corrected chi connectivity index (χ4v) is 1.03. The number of aromatic amines is 1. The quantitative estimate of drug-likeness (QED) is 0.516. The molecule has 0 atom stereocenters. The number of H-pyrrole nitrogens is 1. The van der Waals surface area contributed by atoms with Crippen molar-refractivity contribution < 1.29 is 0 Å². The van der Waals surface area contributed by atoms with E-state index in [2.05, 4.69) is 32.7 Å². The standard InChI is InChI=1S/C8H13N.Li/c1-5-6(2)8(4)9-7(5)3;/h9H,1-4H3;. The van der Waals surface area contributed by atoms with Crippen molar-refractivity contribution in [3.05, 3.63) is 22.5 Å². The number of aryl methyl sites for hydroxylation is 2. The summed E-state index contributed by atoms with van der Waals surface area (Å²) < 4.78 is 0. The molecule has 0 fully saturated rings. The first-order valence-corrected chi connectivity index (χ1v) is 3.25. The van der Waals surface area contributed by atoms with Crippen LogP contribution in [0.15, 0.2) is 0 Å². The molecule has 0 aliphatic carbocycles. The smallest absolute Gasteiger partial charge is 0.0150 e. The topological polar surface area (TPSA) is 15.8 Å². The van der Waals surface area contributed by atoms with Gasteiger partial charge < -0.3 is 4.98 Å². The van der Waals surface area contributed by atoms with Gasteiger partial charge in [0, 0.05) is 30.2 Å². The molecule has 0 aliphatic heterocycles. The minimum atomic E-state index is 0. The van der Waals surface area contributed by atoms with Crippen LogP contribution in [0.3, 0.4) is 0 Å². The van der Waals surface area contributed by atoms with E-state index < -0.39 is 0 Å². The summed E-state index contributed by atoms with van der Waals surface area (Å²) in [5.74, 6) is 0. The minimum Gasteiger partial charge on any atom is -0.362 e. The van der Waals surface area contributed by atoms with E-state index in [1.807, 2.05) is 0 Å². The van der Waals surface area contributed by atoms with Gasteiger partial charge in [-0.05, 0) is 38.8 Å². The third-order valence-electron chi connectivity index (χ3n) is 2.06. The molecule has 0 amide bonds. The molecule has 1 N–H and O–H groups in total. The summed E-state index contributed by atoms with van der Waals surface area (Å²) in [6.45, 7) is 8.51. The number of rotatable bonds is 0. The Labute approximate surface area is 74.4 Å². The predicted molar refractivity (Wildman–Crippen MR) is 45.5 cm³/mol. The van der Waals surface area contributed by atoms with Crippen LogP contribution in [-0.2, 0) is 0 Å². The Balaban J connectivity index is 0.000000810. The molecule has 0 bridgehead atoms. The van der Waals surface area contributed by atoms with E-state index >= 15 is 0 Å². The largest absolute Gasteiger partial charge is 0.362 e. The van der Waals surface area contributed by atoms with Crippen molar-refractivity contribution >= 4 is 18.9 Å². The normalized spacial score (nSPS) is 9.20. The summed E-state index contributed by atoms with van der Waals surface area (Å²) >= 11 is 0. The zero-order chi connectivity index (χ0) is 7.02. The summed E-state index contributed by atoms with van der Waals surface area (Å²) in [5.41, 5.74) is 5.38. The third kappa shape index (κ3) is 1.48. The van der Waals surface area contributed by atoms with Crippen LogP contribution in [0.25, 0.3) is 0 Å². The van der Waals surface area contributed by atoms with E-state index in [4.69, 9.17) is 0 Å². The first-order chi connectivity index (χ1) is 4.13. The van der Waals surface area contributed by atoms with Crippen molar-refractivity contribution in [1.82, 2.24) is 4.98 Å². The monoisotopic (exact) mass is 130 g/mol. The van der Waals surface area contributed by atoms with Gasteiger partial charge in [-0.3, -0.25) is 0 Å². The second-order valence-electron chi connectivity index (χ2n) is 2.62. The Kier molecular flexibility index (Phi) is 3.28. The summed E-state index contributed by atoms with van der Waals surface area (Å²) in [4.78, 5) is 3.28. The van der Waals surface area contributed by atoms with Crippen LogP contribution in [0.2, 0.25) is 0 Å². The van der Waals surface area contributed by atoms with Crippen molar-refractivity contribution in [2.24, 2.45) is 0 Å². The van der Waals surface area contributed by atoms with E-state index in [9.17, 15) is 0 Å². The summed E-state index contributed by atoms with van der Waals surface area (Å²) in [7, 11) is 0. The third-order valence-corrected chi connectivity index (χ3v) is 2.06. The predicted octanol–water partition coefficient (Wildman–Crippen LogP) is 1.87. The van der Waals surface area contributed by atoms with Crippen LogP contribution in [0, 0.1) is 27.7 Å². The molecule has 1 radical (unpaired) electrons. The SMILES string of the molecule is Cc1[nH]c(C)c(C)c1C.[Li]. The van der Waals surface area contributed by atoms with Crippen molar-refractivity contribution in [3.8, 4) is 0 Å². The number of aromatic nitrogens is 1. The zero-order valence-electron chi connectivity index (χ0n) is 7.50. The van der Waals surface area contributed by atoms with Crippen molar-refractivity contribution in [2.45, 2.75) is 27.7 Å². The first-order valence-electron chi connectivity index (χ1n) is 3.25. The van der Waals surface area contributed by atoms with Gasteiger partial charge in [0.05, 0.1) is 0 Å². The van der Waals surface area contributed by atoms with Gasteiger partial charge in [-0.1, -0.05) is 0 Å². The molecule has 0 saturated heterocycles. The molecule has 0 unspecified atom stereocenters. The Bertz CT molecular complexity index is 203. The molecule has 0 spiro atoms. The van der Waals surface area contributed by atoms with Crippen LogP contribution < -0.4 is 0 Å². The van der Waals surface area contributed by atoms with Crippen LogP contribution >= 0.6 is 0 Å². The Hall–Kier alpha value is -0.123. The van der Waals surface area contributed by atoms with Crippen LogP contribution in [0.4, 0.5) is 0 Å². The average Bonchev–Trinajstić information content (AvgIpc) is 1.98. The molecule has 10 heavy (non-hydrogen) atoms. The van der Waals surface area contributed by atoms with Crippen molar-refractivity contribution in [1.29, 1.82) is 0 Å². The molecular formula is C8H13LiN. The molecular weight excluding hydrogens is 117 g/mol. The van der Waals surface area contributed by atoms with E-state index in [1.54, 1.807) is 0 Å². The fourth-order valence-electron chi connectivity index (χ4n) is 1.03. The van der Waals surface area contributed by atoms with E-state index in [-0.39, 0.29) is 18.9 Å². The van der Waals surface area contributed by atoms with Crippen molar-refractivity contribution in [2.75, 3.05) is 0 Å². The van der Waals surface area contributed by atoms with Gasteiger partial charge in [-0.2, -0.15) is 0 Å². The van der Waals surface area contributed by atoms with Crippen LogP contribution in [-0.4, -0.2) is 23.8 Å². The number of hydrogen-bond donors (Lipinski definition) is 1. The first kappa shape index (κ1) is 9.88. The summed E-state index contributed by atoms with van der Waals surface area (Å²) in [6, 6.07) is 0. The molecule has 1 rings (SSSR count). The Morgan fingerprint density at radius 1 is 0.800 bits per heavy atom. The molecule has 0 aliphatic rings. The molecule has 0 saturated carbocycles. The Morgan fingerprint density at radius 2 is 1.10 bits per heavy atom. The molecule has 1 aromatic rings. The molecule has 1 heterocycles. The van der Waals surface area contributed by atoms with Crippen LogP contribution in [0.5, 0.6) is 0 Å². The Morgan fingerprint density at radius 3 is 1.20 bits per heavy atom. The van der Waals surface area contributed by atoms with Gasteiger partial charge >= 0.3 is 0 Å². The maximum Gasteiger partial charge on any atom is 0.0150 e. The maximum absolute atomic E-state index is 3.28. The van der Waals surface area contributed by atoms with E-state index in [0.29, 0.717) is 0 Å². The number of nitrogens with one attached hydrogen (secondary N) is 1. The van der Waals surface area contributed by atoms with Gasteiger partial charge in [-0.25, -0.2) is 0 Å². The van der Waals surface area contributed by atoms with Gasteiger partial charge in [0.2, 0.25) is 0 Å². The number of hydrogen-bond acceptors (Lipinski definition) is 0. The summed E-state index contributed by atoms with van der Waals surface area (Å²) in [6.07, 6.45) is 0. The van der Waals surface area contributed by atoms with E-state index in [0.717, 1.165) is 0 Å². The van der Waals surface area contributed by atoms with Gasteiger partial charge in [0.1, 0.15) is 0 Å². The molecule has 1 aromatic heterocycles. The second-order valence-corrected chi connectivity index (χ2v) is 2.62. The molecule has 0 aromatic carbocycles. The molecule has 1 nitrogen and oxygen atoms in total. The maximum atomic E-state index is 3.28. The second kappa shape index (κ2) is 3.32. The zero-order valence-corrected chi connectivity index (χ0v) is 7.50. The van der Waals surface area contributed by atoms with Gasteiger partial charge in [-0.15, -0.1) is 0 Å². The van der Waals surface area contributed by atoms with Gasteiger partial charge in [0.15, 0.2) is 0 Å². The minimum absolute atomic E-state index is 0. The fraction of sp³-hybridized carbons (Fsp3) is 0.500. The molecule has 2 heteroatoms.